The summed E-state index contributed by atoms with van der Waals surface area (Å²) in [7, 11) is 1.66. The summed E-state index contributed by atoms with van der Waals surface area (Å²) in [4.78, 5) is 0. The molecular weight excluding hydrogens is 238 g/mol. The number of para-hydroxylation sites is 1. The van der Waals surface area contributed by atoms with E-state index in [1.807, 2.05) is 48.5 Å². The Labute approximate surface area is 113 Å². The molecule has 3 nitrogen and oxygen atoms in total. The number of benzene rings is 2. The molecule has 0 spiro atoms. The highest BCUT2D eigenvalue weighted by atomic mass is 16.5. The summed E-state index contributed by atoms with van der Waals surface area (Å²) >= 11 is 0. The normalized spacial score (nSPS) is 11.9. The maximum Gasteiger partial charge on any atom is 0.119 e. The van der Waals surface area contributed by atoms with Crippen molar-refractivity contribution in [3.05, 3.63) is 59.7 Å². The smallest absolute Gasteiger partial charge is 0.119 e. The summed E-state index contributed by atoms with van der Waals surface area (Å²) in [5.41, 5.74) is 3.01. The van der Waals surface area contributed by atoms with E-state index in [0.717, 1.165) is 22.6 Å². The van der Waals surface area contributed by atoms with E-state index in [1.165, 1.54) is 0 Å². The zero-order valence-electron chi connectivity index (χ0n) is 11.3. The molecule has 3 heteroatoms. The first-order chi connectivity index (χ1) is 9.20. The van der Waals surface area contributed by atoms with Crippen molar-refractivity contribution in [2.24, 2.45) is 0 Å². The van der Waals surface area contributed by atoms with Gasteiger partial charge in [-0.2, -0.15) is 0 Å². The highest BCUT2D eigenvalue weighted by molar-refractivity contribution is 5.52. The predicted octanol–water partition coefficient (Wildman–Crippen LogP) is 3.36. The highest BCUT2D eigenvalue weighted by Gasteiger charge is 2.06. The lowest BCUT2D eigenvalue weighted by Crippen LogP contribution is -2.04. The molecule has 0 aliphatic heterocycles. The SMILES string of the molecule is COc1cccc(CNc2ccccc2C(C)O)c1. The fourth-order valence-corrected chi connectivity index (χ4v) is 2.00. The largest absolute Gasteiger partial charge is 0.497 e. The zero-order valence-corrected chi connectivity index (χ0v) is 11.3. The lowest BCUT2D eigenvalue weighted by atomic mass is 10.1. The molecule has 19 heavy (non-hydrogen) atoms. The second kappa shape index (κ2) is 6.25. The summed E-state index contributed by atoms with van der Waals surface area (Å²) in [6.45, 7) is 2.47. The summed E-state index contributed by atoms with van der Waals surface area (Å²) in [6.07, 6.45) is -0.478. The van der Waals surface area contributed by atoms with Gasteiger partial charge in [-0.05, 0) is 30.7 Å². The van der Waals surface area contributed by atoms with Crippen molar-refractivity contribution in [2.75, 3.05) is 12.4 Å². The van der Waals surface area contributed by atoms with Crippen LogP contribution in [-0.2, 0) is 6.54 Å². The minimum Gasteiger partial charge on any atom is -0.497 e. The van der Waals surface area contributed by atoms with Crippen LogP contribution in [0.2, 0.25) is 0 Å². The van der Waals surface area contributed by atoms with Crippen molar-refractivity contribution < 1.29 is 9.84 Å². The van der Waals surface area contributed by atoms with Gasteiger partial charge >= 0.3 is 0 Å². The fraction of sp³-hybridized carbons (Fsp3) is 0.250. The van der Waals surface area contributed by atoms with Gasteiger partial charge in [0.2, 0.25) is 0 Å². The van der Waals surface area contributed by atoms with Crippen LogP contribution in [0.1, 0.15) is 24.2 Å². The molecular formula is C16H19NO2. The van der Waals surface area contributed by atoms with Crippen molar-refractivity contribution in [3.63, 3.8) is 0 Å². The second-order valence-corrected chi connectivity index (χ2v) is 4.47. The average molecular weight is 257 g/mol. The molecule has 1 unspecified atom stereocenters. The van der Waals surface area contributed by atoms with E-state index in [1.54, 1.807) is 14.0 Å². The number of ether oxygens (including phenoxy) is 1. The molecule has 100 valence electrons. The quantitative estimate of drug-likeness (QED) is 0.863. The first-order valence-corrected chi connectivity index (χ1v) is 6.34. The van der Waals surface area contributed by atoms with Gasteiger partial charge < -0.3 is 15.2 Å². The van der Waals surface area contributed by atoms with Crippen molar-refractivity contribution in [1.82, 2.24) is 0 Å². The van der Waals surface area contributed by atoms with Gasteiger partial charge in [-0.1, -0.05) is 30.3 Å². The Kier molecular flexibility index (Phi) is 4.42. The number of anilines is 1. The fourth-order valence-electron chi connectivity index (χ4n) is 2.00. The van der Waals surface area contributed by atoms with Crippen LogP contribution in [0, 0.1) is 0 Å². The first kappa shape index (κ1) is 13.4. The van der Waals surface area contributed by atoms with Gasteiger partial charge in [-0.15, -0.1) is 0 Å². The van der Waals surface area contributed by atoms with Crippen LogP contribution in [0.5, 0.6) is 5.75 Å². The number of nitrogens with one attached hydrogen (secondary N) is 1. The molecule has 0 heterocycles. The standard InChI is InChI=1S/C16H19NO2/c1-12(18)15-8-3-4-9-16(15)17-11-13-6-5-7-14(10-13)19-2/h3-10,12,17-18H,11H2,1-2H3. The molecule has 0 saturated carbocycles. The van der Waals surface area contributed by atoms with Gasteiger partial charge in [0.1, 0.15) is 5.75 Å². The third kappa shape index (κ3) is 3.48. The van der Waals surface area contributed by atoms with Crippen LogP contribution in [-0.4, -0.2) is 12.2 Å². The number of aliphatic hydroxyl groups excluding tert-OH is 1. The first-order valence-electron chi connectivity index (χ1n) is 6.34. The van der Waals surface area contributed by atoms with E-state index in [9.17, 15) is 5.11 Å². The Morgan fingerprint density at radius 3 is 2.68 bits per heavy atom. The molecule has 0 aromatic heterocycles. The van der Waals surface area contributed by atoms with Gasteiger partial charge in [-0.25, -0.2) is 0 Å². The Morgan fingerprint density at radius 2 is 1.95 bits per heavy atom. The predicted molar refractivity (Wildman–Crippen MR) is 77.4 cm³/mol. The van der Waals surface area contributed by atoms with Crippen LogP contribution < -0.4 is 10.1 Å². The molecule has 2 aromatic rings. The van der Waals surface area contributed by atoms with Crippen LogP contribution in [0.4, 0.5) is 5.69 Å². The number of aliphatic hydroxyl groups is 1. The third-order valence-electron chi connectivity index (χ3n) is 3.03. The van der Waals surface area contributed by atoms with Crippen molar-refractivity contribution in [1.29, 1.82) is 0 Å². The maximum absolute atomic E-state index is 9.72. The van der Waals surface area contributed by atoms with E-state index in [0.29, 0.717) is 6.54 Å². The molecule has 1 atom stereocenters. The molecule has 2 aromatic carbocycles. The Hall–Kier alpha value is -2.00. The molecule has 2 N–H and O–H groups in total. The topological polar surface area (TPSA) is 41.5 Å². The van der Waals surface area contributed by atoms with Gasteiger partial charge in [0.15, 0.2) is 0 Å². The Bertz CT molecular complexity index is 538. The van der Waals surface area contributed by atoms with Crippen molar-refractivity contribution in [3.8, 4) is 5.75 Å². The lowest BCUT2D eigenvalue weighted by Gasteiger charge is -2.14. The van der Waals surface area contributed by atoms with Gasteiger partial charge in [-0.3, -0.25) is 0 Å². The van der Waals surface area contributed by atoms with Crippen LogP contribution in [0.3, 0.4) is 0 Å². The highest BCUT2D eigenvalue weighted by Crippen LogP contribution is 2.23. The number of rotatable bonds is 5. The second-order valence-electron chi connectivity index (χ2n) is 4.47. The van der Waals surface area contributed by atoms with Crippen molar-refractivity contribution in [2.45, 2.75) is 19.6 Å². The van der Waals surface area contributed by atoms with Gasteiger partial charge in [0.05, 0.1) is 13.2 Å². The summed E-state index contributed by atoms with van der Waals surface area (Å²) < 4.78 is 5.20. The third-order valence-corrected chi connectivity index (χ3v) is 3.03. The van der Waals surface area contributed by atoms with E-state index in [-0.39, 0.29) is 0 Å². The van der Waals surface area contributed by atoms with E-state index in [4.69, 9.17) is 4.74 Å². The Balaban J connectivity index is 2.10. The summed E-state index contributed by atoms with van der Waals surface area (Å²) in [5.74, 6) is 0.850. The number of methoxy groups -OCH3 is 1. The number of hydrogen-bond acceptors (Lipinski definition) is 3. The maximum atomic E-state index is 9.72. The minimum atomic E-state index is -0.478. The Morgan fingerprint density at radius 1 is 1.16 bits per heavy atom. The van der Waals surface area contributed by atoms with E-state index in [2.05, 4.69) is 5.32 Å². The molecule has 0 fully saturated rings. The molecule has 0 bridgehead atoms. The van der Waals surface area contributed by atoms with Crippen molar-refractivity contribution >= 4 is 5.69 Å². The molecule has 0 aliphatic rings. The average Bonchev–Trinajstić information content (AvgIpc) is 2.45. The van der Waals surface area contributed by atoms with Crippen LogP contribution >= 0.6 is 0 Å². The summed E-state index contributed by atoms with van der Waals surface area (Å²) in [5, 5.41) is 13.1. The van der Waals surface area contributed by atoms with E-state index >= 15 is 0 Å². The van der Waals surface area contributed by atoms with Gasteiger partial charge in [0.25, 0.3) is 0 Å². The molecule has 0 amide bonds. The molecule has 0 saturated heterocycles. The zero-order chi connectivity index (χ0) is 13.7. The number of hydrogen-bond donors (Lipinski definition) is 2. The molecule has 2 rings (SSSR count). The molecule has 0 radical (unpaired) electrons. The lowest BCUT2D eigenvalue weighted by molar-refractivity contribution is 0.200. The van der Waals surface area contributed by atoms with E-state index < -0.39 is 6.10 Å². The summed E-state index contributed by atoms with van der Waals surface area (Å²) in [6, 6.07) is 15.7. The van der Waals surface area contributed by atoms with Gasteiger partial charge in [0, 0.05) is 17.8 Å². The monoisotopic (exact) mass is 257 g/mol. The van der Waals surface area contributed by atoms with Crippen LogP contribution in [0.15, 0.2) is 48.5 Å². The minimum absolute atomic E-state index is 0.478. The van der Waals surface area contributed by atoms with Crippen LogP contribution in [0.25, 0.3) is 0 Å². The molecule has 0 aliphatic carbocycles.